The molecule has 0 saturated carbocycles. The van der Waals surface area contributed by atoms with Crippen molar-refractivity contribution >= 4 is 11.6 Å². The number of ether oxygens (including phenoxy) is 1. The summed E-state index contributed by atoms with van der Waals surface area (Å²) in [6.45, 7) is 3.70. The lowest BCUT2D eigenvalue weighted by atomic mass is 10.1. The highest BCUT2D eigenvalue weighted by molar-refractivity contribution is 6.04. The van der Waals surface area contributed by atoms with E-state index in [9.17, 15) is 9.90 Å². The van der Waals surface area contributed by atoms with Crippen LogP contribution in [0, 0.1) is 13.8 Å². The standard InChI is InChI=1S/C25H23N3O3/c1-17-8-9-20(12-24(17)31-23-6-4-3-5-7-23)25(30)27-21-10-19(15-29)11-22(13-21)28-14-18(2)26-16-28/h3-14,16,29H,15H2,1-2H3,(H,27,30). The Hall–Kier alpha value is -3.90. The van der Waals surface area contributed by atoms with Gasteiger partial charge in [-0.05, 0) is 67.4 Å². The van der Waals surface area contributed by atoms with Crippen LogP contribution in [0.3, 0.4) is 0 Å². The summed E-state index contributed by atoms with van der Waals surface area (Å²) in [4.78, 5) is 17.2. The fourth-order valence-corrected chi connectivity index (χ4v) is 3.22. The molecule has 6 heteroatoms. The summed E-state index contributed by atoms with van der Waals surface area (Å²) in [7, 11) is 0. The summed E-state index contributed by atoms with van der Waals surface area (Å²) >= 11 is 0. The van der Waals surface area contributed by atoms with Crippen molar-refractivity contribution in [2.45, 2.75) is 20.5 Å². The maximum Gasteiger partial charge on any atom is 0.255 e. The lowest BCUT2D eigenvalue weighted by molar-refractivity contribution is 0.102. The van der Waals surface area contributed by atoms with Gasteiger partial charge in [0.05, 0.1) is 18.6 Å². The summed E-state index contributed by atoms with van der Waals surface area (Å²) < 4.78 is 7.79. The SMILES string of the molecule is Cc1cn(-c2cc(CO)cc(NC(=O)c3ccc(C)c(Oc4ccccc4)c3)c2)cn1. The van der Waals surface area contributed by atoms with Gasteiger partial charge in [-0.15, -0.1) is 0 Å². The van der Waals surface area contributed by atoms with Crippen molar-refractivity contribution in [3.05, 3.63) is 102 Å². The summed E-state index contributed by atoms with van der Waals surface area (Å²) in [5.41, 5.74) is 4.37. The molecule has 0 saturated heterocycles. The molecule has 0 aliphatic rings. The van der Waals surface area contributed by atoms with Crippen LogP contribution < -0.4 is 10.1 Å². The van der Waals surface area contributed by atoms with Gasteiger partial charge in [-0.1, -0.05) is 24.3 Å². The molecule has 1 heterocycles. The molecule has 3 aromatic carbocycles. The maximum absolute atomic E-state index is 12.9. The van der Waals surface area contributed by atoms with Crippen LogP contribution in [0.5, 0.6) is 11.5 Å². The predicted molar refractivity (Wildman–Crippen MR) is 120 cm³/mol. The summed E-state index contributed by atoms with van der Waals surface area (Å²) in [6, 6.07) is 20.2. The molecule has 1 aromatic heterocycles. The fraction of sp³-hybridized carbons (Fsp3) is 0.120. The van der Waals surface area contributed by atoms with Crippen LogP contribution in [0.2, 0.25) is 0 Å². The van der Waals surface area contributed by atoms with Crippen LogP contribution >= 0.6 is 0 Å². The summed E-state index contributed by atoms with van der Waals surface area (Å²) in [5, 5.41) is 12.6. The molecule has 0 spiro atoms. The number of aromatic nitrogens is 2. The molecule has 0 fully saturated rings. The molecule has 1 amide bonds. The normalized spacial score (nSPS) is 10.7. The third-order valence-electron chi connectivity index (χ3n) is 4.85. The Balaban J connectivity index is 1.59. The summed E-state index contributed by atoms with van der Waals surface area (Å²) in [5.74, 6) is 1.07. The Bertz CT molecular complexity index is 1220. The van der Waals surface area contributed by atoms with Crippen molar-refractivity contribution in [3.63, 3.8) is 0 Å². The minimum absolute atomic E-state index is 0.135. The van der Waals surface area contributed by atoms with E-state index < -0.39 is 0 Å². The number of imidazole rings is 1. The molecule has 0 aliphatic carbocycles. The van der Waals surface area contributed by atoms with Gasteiger partial charge in [-0.3, -0.25) is 4.79 Å². The minimum Gasteiger partial charge on any atom is -0.457 e. The number of carbonyl (C=O) groups excluding carboxylic acids is 1. The number of aryl methyl sites for hydroxylation is 2. The summed E-state index contributed by atoms with van der Waals surface area (Å²) in [6.07, 6.45) is 3.58. The van der Waals surface area contributed by atoms with Crippen LogP contribution in [0.4, 0.5) is 5.69 Å². The second kappa shape index (κ2) is 8.85. The second-order valence-electron chi connectivity index (χ2n) is 7.32. The minimum atomic E-state index is -0.263. The number of rotatable bonds is 6. The number of nitrogens with zero attached hydrogens (tertiary/aromatic N) is 2. The second-order valence-corrected chi connectivity index (χ2v) is 7.32. The molecule has 4 rings (SSSR count). The average molecular weight is 413 g/mol. The van der Waals surface area contributed by atoms with Crippen LogP contribution in [0.25, 0.3) is 5.69 Å². The van der Waals surface area contributed by atoms with Crippen LogP contribution in [0.1, 0.15) is 27.2 Å². The van der Waals surface area contributed by atoms with E-state index in [0.29, 0.717) is 28.3 Å². The van der Waals surface area contributed by atoms with E-state index in [0.717, 1.165) is 16.9 Å². The lowest BCUT2D eigenvalue weighted by Gasteiger charge is -2.13. The first-order valence-electron chi connectivity index (χ1n) is 9.92. The Kier molecular flexibility index (Phi) is 5.82. The lowest BCUT2D eigenvalue weighted by Crippen LogP contribution is -2.13. The van der Waals surface area contributed by atoms with E-state index in [-0.39, 0.29) is 12.5 Å². The van der Waals surface area contributed by atoms with E-state index in [1.165, 1.54) is 0 Å². The van der Waals surface area contributed by atoms with Gasteiger partial charge in [-0.25, -0.2) is 4.98 Å². The molecular weight excluding hydrogens is 390 g/mol. The Morgan fingerprint density at radius 2 is 1.87 bits per heavy atom. The first-order valence-corrected chi connectivity index (χ1v) is 9.92. The number of nitrogens with one attached hydrogen (secondary N) is 1. The smallest absolute Gasteiger partial charge is 0.255 e. The van der Waals surface area contributed by atoms with Gasteiger partial charge >= 0.3 is 0 Å². The van der Waals surface area contributed by atoms with Gasteiger partial charge in [0, 0.05) is 23.1 Å². The molecule has 0 radical (unpaired) electrons. The Morgan fingerprint density at radius 3 is 2.58 bits per heavy atom. The fourth-order valence-electron chi connectivity index (χ4n) is 3.22. The van der Waals surface area contributed by atoms with Crippen LogP contribution in [-0.4, -0.2) is 20.6 Å². The van der Waals surface area contributed by atoms with E-state index in [4.69, 9.17) is 4.74 Å². The molecule has 156 valence electrons. The zero-order valence-electron chi connectivity index (χ0n) is 17.4. The van der Waals surface area contributed by atoms with Crippen molar-refractivity contribution < 1.29 is 14.6 Å². The first kappa shape index (κ1) is 20.4. The largest absolute Gasteiger partial charge is 0.457 e. The molecular formula is C25H23N3O3. The quantitative estimate of drug-likeness (QED) is 0.465. The number of amides is 1. The highest BCUT2D eigenvalue weighted by Crippen LogP contribution is 2.27. The van der Waals surface area contributed by atoms with E-state index >= 15 is 0 Å². The van der Waals surface area contributed by atoms with Crippen LogP contribution in [-0.2, 0) is 6.61 Å². The zero-order valence-corrected chi connectivity index (χ0v) is 17.4. The van der Waals surface area contributed by atoms with Crippen molar-refractivity contribution in [1.82, 2.24) is 9.55 Å². The van der Waals surface area contributed by atoms with Crippen molar-refractivity contribution in [2.24, 2.45) is 0 Å². The van der Waals surface area contributed by atoms with E-state index in [2.05, 4.69) is 10.3 Å². The number of aliphatic hydroxyl groups excluding tert-OH is 1. The van der Waals surface area contributed by atoms with Gasteiger partial charge in [-0.2, -0.15) is 0 Å². The highest BCUT2D eigenvalue weighted by atomic mass is 16.5. The monoisotopic (exact) mass is 413 g/mol. The third-order valence-corrected chi connectivity index (χ3v) is 4.85. The number of carbonyl (C=O) groups is 1. The molecule has 31 heavy (non-hydrogen) atoms. The Morgan fingerprint density at radius 1 is 1.06 bits per heavy atom. The predicted octanol–water partition coefficient (Wildman–Crippen LogP) is 5.03. The first-order chi connectivity index (χ1) is 15.0. The van der Waals surface area contributed by atoms with Gasteiger partial charge in [0.25, 0.3) is 5.91 Å². The number of benzene rings is 3. The van der Waals surface area contributed by atoms with Crippen molar-refractivity contribution in [1.29, 1.82) is 0 Å². The Labute approximate surface area is 180 Å². The van der Waals surface area contributed by atoms with Gasteiger partial charge in [0.1, 0.15) is 11.5 Å². The molecule has 0 aliphatic heterocycles. The number of para-hydroxylation sites is 1. The molecule has 6 nitrogen and oxygen atoms in total. The number of aliphatic hydroxyl groups is 1. The van der Waals surface area contributed by atoms with Gasteiger partial charge < -0.3 is 19.7 Å². The number of anilines is 1. The highest BCUT2D eigenvalue weighted by Gasteiger charge is 2.12. The zero-order chi connectivity index (χ0) is 21.8. The van der Waals surface area contributed by atoms with Crippen LogP contribution in [0.15, 0.2) is 79.3 Å². The topological polar surface area (TPSA) is 76.4 Å². The molecule has 2 N–H and O–H groups in total. The molecule has 0 bridgehead atoms. The molecule has 0 unspecified atom stereocenters. The van der Waals surface area contributed by atoms with E-state index in [1.807, 2.05) is 73.1 Å². The van der Waals surface area contributed by atoms with Crippen molar-refractivity contribution in [3.8, 4) is 17.2 Å². The number of hydrogen-bond donors (Lipinski definition) is 2. The molecule has 0 atom stereocenters. The molecule has 4 aromatic rings. The maximum atomic E-state index is 12.9. The number of hydrogen-bond acceptors (Lipinski definition) is 4. The van der Waals surface area contributed by atoms with Gasteiger partial charge in [0.2, 0.25) is 0 Å². The van der Waals surface area contributed by atoms with E-state index in [1.54, 1.807) is 24.5 Å². The average Bonchev–Trinajstić information content (AvgIpc) is 3.22. The third kappa shape index (κ3) is 4.82. The van der Waals surface area contributed by atoms with Crippen molar-refractivity contribution in [2.75, 3.05) is 5.32 Å². The van der Waals surface area contributed by atoms with Gasteiger partial charge in [0.15, 0.2) is 0 Å².